The molecular formula is C65H78N18O16S4. The fraction of sp³-hybridized carbons (Fsp3) is 0.369. The van der Waals surface area contributed by atoms with Crippen molar-refractivity contribution in [2.75, 3.05) is 165 Å². The van der Waals surface area contributed by atoms with Crippen molar-refractivity contribution < 1.29 is 74.3 Å². The zero-order chi connectivity index (χ0) is 74.1. The zero-order valence-electron chi connectivity index (χ0n) is 57.5. The van der Waals surface area contributed by atoms with E-state index in [1.807, 2.05) is 47.3 Å². The number of rotatable bonds is 33. The second-order valence-corrected chi connectivity index (χ2v) is 27.2. The Bertz CT molecular complexity index is 4330. The van der Waals surface area contributed by atoms with Gasteiger partial charge in [-0.2, -0.15) is 41.8 Å². The molecule has 2 fully saturated rings. The Morgan fingerprint density at radius 1 is 0.553 bits per heavy atom. The van der Waals surface area contributed by atoms with E-state index >= 15 is 0 Å². The number of amides is 2. The van der Waals surface area contributed by atoms with Gasteiger partial charge in [-0.3, -0.25) is 28.3 Å². The number of hydrogen-bond donors (Lipinski definition) is 8. The fourth-order valence-electron chi connectivity index (χ4n) is 10.8. The van der Waals surface area contributed by atoms with Gasteiger partial charge in [0.05, 0.1) is 109 Å². The van der Waals surface area contributed by atoms with Crippen LogP contribution in [0, 0.1) is 0 Å². The van der Waals surface area contributed by atoms with Crippen LogP contribution < -0.4 is 55.2 Å². The lowest BCUT2D eigenvalue weighted by molar-refractivity contribution is -0.120. The number of morpholine rings is 2. The second kappa shape index (κ2) is 35.2. The predicted octanol–water partition coefficient (Wildman–Crippen LogP) is 8.99. The summed E-state index contributed by atoms with van der Waals surface area (Å²) in [6.07, 6.45) is 2.65. The van der Waals surface area contributed by atoms with Gasteiger partial charge in [-0.15, -0.1) is 20.5 Å². The smallest absolute Gasteiger partial charge is 0.296 e. The van der Waals surface area contributed by atoms with E-state index in [0.717, 1.165) is 34.8 Å². The highest BCUT2D eigenvalue weighted by atomic mass is 32.2. The topological polar surface area (TPSA) is 433 Å². The number of para-hydroxylation sites is 2. The van der Waals surface area contributed by atoms with E-state index in [9.17, 15) is 55.3 Å². The molecule has 3 aromatic heterocycles. The van der Waals surface area contributed by atoms with Gasteiger partial charge < -0.3 is 74.9 Å². The highest BCUT2D eigenvalue weighted by molar-refractivity contribution is 7.86. The molecule has 0 aliphatic carbocycles. The Balaban J connectivity index is 1.14. The van der Waals surface area contributed by atoms with Gasteiger partial charge in [0.2, 0.25) is 28.1 Å². The lowest BCUT2D eigenvalue weighted by atomic mass is 10.1. The quantitative estimate of drug-likeness (QED) is 0.00625. The molecule has 8 N–H and O–H groups in total. The summed E-state index contributed by atoms with van der Waals surface area (Å²) in [4.78, 5) is 87.5. The van der Waals surface area contributed by atoms with Gasteiger partial charge in [0.1, 0.15) is 44.3 Å². The maximum atomic E-state index is 13.9. The molecule has 38 heteroatoms. The molecule has 2 saturated heterocycles. The van der Waals surface area contributed by atoms with Crippen LogP contribution in [0.15, 0.2) is 114 Å². The highest BCUT2D eigenvalue weighted by Crippen LogP contribution is 2.45. The lowest BCUT2D eigenvalue weighted by Gasteiger charge is -2.27. The van der Waals surface area contributed by atoms with Crippen molar-refractivity contribution in [3.05, 3.63) is 93.7 Å². The molecule has 5 heterocycles. The summed E-state index contributed by atoms with van der Waals surface area (Å²) in [5.74, 6) is -1.91. The van der Waals surface area contributed by atoms with E-state index in [0.29, 0.717) is 123 Å². The van der Waals surface area contributed by atoms with E-state index in [2.05, 4.69) is 31.5 Å². The van der Waals surface area contributed by atoms with Crippen LogP contribution in [0.1, 0.15) is 51.3 Å². The van der Waals surface area contributed by atoms with Crippen LogP contribution in [0.25, 0.3) is 12.2 Å². The third kappa shape index (κ3) is 19.4. The van der Waals surface area contributed by atoms with Crippen LogP contribution >= 0.6 is 22.7 Å². The molecule has 103 heavy (non-hydrogen) atoms. The summed E-state index contributed by atoms with van der Waals surface area (Å²) in [6.45, 7) is 14.5. The van der Waals surface area contributed by atoms with E-state index in [4.69, 9.17) is 54.1 Å². The number of nitrogens with zero attached hydrogens (tertiary/aromatic N) is 14. The summed E-state index contributed by atoms with van der Waals surface area (Å²) in [6, 6.07) is 17.2. The number of aliphatic hydroxyl groups excluding tert-OH is 2. The van der Waals surface area contributed by atoms with E-state index in [1.54, 1.807) is 29.2 Å². The first kappa shape index (κ1) is 77.1. The average molecular weight is 1500 g/mol. The Kier molecular flexibility index (Phi) is 26.4. The Morgan fingerprint density at radius 3 is 1.27 bits per heavy atom. The Morgan fingerprint density at radius 2 is 0.932 bits per heavy atom. The molecule has 0 atom stereocenters. The van der Waals surface area contributed by atoms with Crippen LogP contribution in [0.2, 0.25) is 0 Å². The number of ether oxygens (including phenoxy) is 4. The number of anilines is 11. The fourth-order valence-corrected chi connectivity index (χ4v) is 13.8. The van der Waals surface area contributed by atoms with Gasteiger partial charge in [0.15, 0.2) is 11.6 Å². The largest absolute Gasteiger partial charge is 0.494 e. The SMILES string of the molecule is CCN(CC)c1cc(Nc2nc(Nc3cc(N(CC)CC)c(OC)cc3N=Nc3nc(N4CCOCC4)c(C=C(C(C)=O)C(=O)Nc4ccccc4S(=O)(=O)O)s3)nc(N(CCO)CCO)n2)c(N=Nc2nc(N3CCOCC3)c(C=C(C(C)=O)C(=O)Nc3ccccc3S(=O)(=O)O)s2)cc1OC. The molecule has 0 bridgehead atoms. The van der Waals surface area contributed by atoms with Crippen LogP contribution in [0.5, 0.6) is 11.5 Å². The number of thiazole rings is 2. The molecule has 4 aromatic carbocycles. The Hall–Kier alpha value is -10.0. The number of azo groups is 2. The monoisotopic (exact) mass is 1490 g/mol. The molecule has 7 aromatic rings. The van der Waals surface area contributed by atoms with Gasteiger partial charge in [0, 0.05) is 77.6 Å². The second-order valence-electron chi connectivity index (χ2n) is 22.4. The number of hydrogen-bond acceptors (Lipinski definition) is 32. The number of aliphatic hydroxyl groups is 2. The third-order valence-corrected chi connectivity index (χ3v) is 19.5. The van der Waals surface area contributed by atoms with Gasteiger partial charge in [0.25, 0.3) is 32.1 Å². The predicted molar refractivity (Wildman–Crippen MR) is 392 cm³/mol. The van der Waals surface area contributed by atoms with Crippen LogP contribution in [0.4, 0.5) is 85.2 Å². The summed E-state index contributed by atoms with van der Waals surface area (Å²) in [5.41, 5.74) is 0.940. The van der Waals surface area contributed by atoms with Crippen molar-refractivity contribution in [1.29, 1.82) is 0 Å². The number of benzene rings is 4. The van der Waals surface area contributed by atoms with Crippen molar-refractivity contribution >= 4 is 164 Å². The van der Waals surface area contributed by atoms with Gasteiger partial charge in [-0.25, -0.2) is 0 Å². The van der Waals surface area contributed by atoms with Gasteiger partial charge in [-0.1, -0.05) is 46.9 Å². The minimum absolute atomic E-state index is 0.00457. The molecule has 2 aliphatic heterocycles. The van der Waals surface area contributed by atoms with Crippen LogP contribution in [-0.4, -0.2) is 204 Å². The molecule has 0 saturated carbocycles. The van der Waals surface area contributed by atoms with E-state index < -0.39 is 53.4 Å². The summed E-state index contributed by atoms with van der Waals surface area (Å²) in [7, 11) is -6.55. The minimum Gasteiger partial charge on any atom is -0.494 e. The average Bonchev–Trinajstić information content (AvgIpc) is 1.58. The number of carbonyl (C=O) groups excluding carboxylic acids is 4. The number of carbonyl (C=O) groups is 4. The van der Waals surface area contributed by atoms with E-state index in [1.165, 1.54) is 76.6 Å². The van der Waals surface area contributed by atoms with Crippen molar-refractivity contribution in [3.8, 4) is 11.5 Å². The standard InChI is InChI=1S/C65H78N18O16S4/c1-9-79(10-2)49-35-45(47(37-51(49)96-7)75-77-64-70-57(81-23-29-98-30-24-81)53(100-64)33-41(39(5)86)59(88)66-43-17-13-15-19-55(43)102(90,91)92)68-61-72-62(74-63(73-61)83(21-27-84)22-28-85)69-46-36-50(80(11-3)12-4)52(97-8)38-48(46)76-78-65-71-58(82-25-31-99-32-26-82)54(101-65)34-42(40(6)87)60(89)67-44-18-14-16-20-56(44)103(93,94)95/h13-20,33-38,84-85H,9-12,21-32H2,1-8H3,(H,66,88)(H,67,89)(H,90,91,92)(H,93,94,95)(H2,68,69,72,73,74). The summed E-state index contributed by atoms with van der Waals surface area (Å²) < 4.78 is 92.0. The van der Waals surface area contributed by atoms with Crippen LogP contribution in [-0.2, 0) is 48.9 Å². The number of Topliss-reactive ketones (excluding diaryl/α,β-unsaturated/α-hetero) is 2. The number of ketones is 2. The molecular weight excluding hydrogens is 1420 g/mol. The van der Waals surface area contributed by atoms with Crippen molar-refractivity contribution in [3.63, 3.8) is 0 Å². The van der Waals surface area contributed by atoms with Crippen molar-refractivity contribution in [1.82, 2.24) is 24.9 Å². The zero-order valence-corrected chi connectivity index (χ0v) is 60.7. The summed E-state index contributed by atoms with van der Waals surface area (Å²) >= 11 is 1.99. The molecule has 548 valence electrons. The summed E-state index contributed by atoms with van der Waals surface area (Å²) in [5, 5.41) is 51.1. The minimum atomic E-state index is -4.78. The molecule has 9 rings (SSSR count). The van der Waals surface area contributed by atoms with Gasteiger partial charge >= 0.3 is 0 Å². The molecule has 0 spiro atoms. The van der Waals surface area contributed by atoms with Crippen molar-refractivity contribution in [2.45, 2.75) is 51.3 Å². The molecule has 0 radical (unpaired) electrons. The van der Waals surface area contributed by atoms with Gasteiger partial charge in [-0.05, 0) is 90.1 Å². The first-order valence-electron chi connectivity index (χ1n) is 32.3. The number of methoxy groups -OCH3 is 2. The third-order valence-electron chi connectivity index (χ3n) is 15.9. The first-order valence-corrected chi connectivity index (χ1v) is 36.9. The number of nitrogens with one attached hydrogen (secondary N) is 4. The number of aromatic nitrogens is 5. The first-order chi connectivity index (χ1) is 49.4. The van der Waals surface area contributed by atoms with E-state index in [-0.39, 0.29) is 99.7 Å². The maximum Gasteiger partial charge on any atom is 0.296 e. The Labute approximate surface area is 601 Å². The molecule has 2 amide bonds. The lowest BCUT2D eigenvalue weighted by Crippen LogP contribution is -2.36. The van der Waals surface area contributed by atoms with Crippen molar-refractivity contribution in [2.24, 2.45) is 20.5 Å². The molecule has 34 nitrogen and oxygen atoms in total. The molecule has 0 unspecified atom stereocenters. The molecule has 2 aliphatic rings. The normalized spacial score (nSPS) is 13.9. The van der Waals surface area contributed by atoms with Crippen LogP contribution in [0.3, 0.4) is 0 Å². The highest BCUT2D eigenvalue weighted by Gasteiger charge is 2.29. The maximum absolute atomic E-state index is 13.9.